The predicted octanol–water partition coefficient (Wildman–Crippen LogP) is 2.92. The number of amides is 1. The minimum absolute atomic E-state index is 0.104. The first-order chi connectivity index (χ1) is 11.9. The highest BCUT2D eigenvalue weighted by atomic mass is 35.5. The number of anilines is 1. The van der Waals surface area contributed by atoms with Crippen molar-refractivity contribution in [1.29, 1.82) is 0 Å². The first kappa shape index (κ1) is 19.2. The molecule has 4 nitrogen and oxygen atoms in total. The van der Waals surface area contributed by atoms with Crippen molar-refractivity contribution >= 4 is 23.2 Å². The molecule has 0 radical (unpaired) electrons. The minimum atomic E-state index is -0.397. The molecule has 0 bridgehead atoms. The van der Waals surface area contributed by atoms with Gasteiger partial charge in [-0.05, 0) is 50.2 Å². The van der Waals surface area contributed by atoms with Crippen LogP contribution in [0.2, 0.25) is 5.02 Å². The van der Waals surface area contributed by atoms with E-state index in [1.165, 1.54) is 13.2 Å². The van der Waals surface area contributed by atoms with E-state index in [4.69, 9.17) is 16.3 Å². The lowest BCUT2D eigenvalue weighted by molar-refractivity contribution is -0.925. The maximum atomic E-state index is 13.9. The number of quaternary nitrogens is 1. The van der Waals surface area contributed by atoms with Crippen LogP contribution in [-0.2, 0) is 11.3 Å². The monoisotopic (exact) mass is 365 g/mol. The third kappa shape index (κ3) is 5.18. The number of methoxy groups -OCH3 is 1. The first-order valence-electron chi connectivity index (χ1n) is 8.18. The van der Waals surface area contributed by atoms with Gasteiger partial charge in [-0.2, -0.15) is 0 Å². The second kappa shape index (κ2) is 8.83. The molecule has 0 saturated carbocycles. The van der Waals surface area contributed by atoms with Crippen molar-refractivity contribution in [1.82, 2.24) is 0 Å². The molecule has 0 aliphatic heterocycles. The maximum Gasteiger partial charge on any atom is 0.282 e. The van der Waals surface area contributed by atoms with Crippen LogP contribution in [0, 0.1) is 5.82 Å². The van der Waals surface area contributed by atoms with Crippen LogP contribution in [0.15, 0.2) is 42.5 Å². The van der Waals surface area contributed by atoms with Crippen LogP contribution in [0.3, 0.4) is 0 Å². The molecule has 134 valence electrons. The van der Waals surface area contributed by atoms with E-state index >= 15 is 0 Å². The van der Waals surface area contributed by atoms with Crippen LogP contribution in [-0.4, -0.2) is 25.6 Å². The Kier molecular flexibility index (Phi) is 6.79. The number of likely N-dealkylation sites (N-methyl/N-ethyl adjacent to an activating group) is 1. The highest BCUT2D eigenvalue weighted by Gasteiger charge is 2.24. The maximum absolute atomic E-state index is 13.9. The Morgan fingerprint density at radius 3 is 2.68 bits per heavy atom. The zero-order valence-corrected chi connectivity index (χ0v) is 15.4. The van der Waals surface area contributed by atoms with Gasteiger partial charge in [0, 0.05) is 16.3 Å². The fourth-order valence-electron chi connectivity index (χ4n) is 2.67. The fourth-order valence-corrected chi connectivity index (χ4v) is 2.86. The lowest BCUT2D eigenvalue weighted by atomic mass is 10.1. The summed E-state index contributed by atoms with van der Waals surface area (Å²) in [5.74, 6) is -0.284. The molecule has 0 aliphatic rings. The van der Waals surface area contributed by atoms with Gasteiger partial charge in [0.1, 0.15) is 6.54 Å². The van der Waals surface area contributed by atoms with Gasteiger partial charge in [0.25, 0.3) is 5.91 Å². The van der Waals surface area contributed by atoms with Crippen molar-refractivity contribution < 1.29 is 18.8 Å². The summed E-state index contributed by atoms with van der Waals surface area (Å²) in [7, 11) is 1.43. The van der Waals surface area contributed by atoms with Crippen LogP contribution in [0.5, 0.6) is 5.75 Å². The van der Waals surface area contributed by atoms with Gasteiger partial charge in [-0.1, -0.05) is 17.7 Å². The summed E-state index contributed by atoms with van der Waals surface area (Å²) in [5.41, 5.74) is 1.48. The van der Waals surface area contributed by atoms with E-state index in [1.807, 2.05) is 19.9 Å². The Morgan fingerprint density at radius 1 is 1.32 bits per heavy atom. The Hall–Kier alpha value is -2.11. The molecule has 2 N–H and O–H groups in total. The topological polar surface area (TPSA) is 42.8 Å². The van der Waals surface area contributed by atoms with Crippen molar-refractivity contribution in [2.45, 2.75) is 26.4 Å². The Bertz CT molecular complexity index is 739. The molecule has 2 aromatic carbocycles. The third-order valence-electron chi connectivity index (χ3n) is 4.20. The number of halogens is 2. The molecule has 0 saturated heterocycles. The smallest absolute Gasteiger partial charge is 0.282 e. The van der Waals surface area contributed by atoms with Gasteiger partial charge in [0.05, 0.1) is 13.7 Å². The van der Waals surface area contributed by atoms with Crippen LogP contribution >= 0.6 is 11.6 Å². The summed E-state index contributed by atoms with van der Waals surface area (Å²) < 4.78 is 18.8. The summed E-state index contributed by atoms with van der Waals surface area (Å²) in [6.07, 6.45) is 0. The number of rotatable bonds is 7. The van der Waals surface area contributed by atoms with Crippen molar-refractivity contribution in [2.24, 2.45) is 0 Å². The van der Waals surface area contributed by atoms with Gasteiger partial charge in [-0.3, -0.25) is 4.79 Å². The second-order valence-electron chi connectivity index (χ2n) is 5.88. The van der Waals surface area contributed by atoms with Gasteiger partial charge in [0.15, 0.2) is 17.6 Å². The molecule has 0 spiro atoms. The van der Waals surface area contributed by atoms with E-state index in [2.05, 4.69) is 5.32 Å². The zero-order chi connectivity index (χ0) is 18.4. The number of hydrogen-bond acceptors (Lipinski definition) is 2. The van der Waals surface area contributed by atoms with Crippen molar-refractivity contribution in [3.63, 3.8) is 0 Å². The molecule has 25 heavy (non-hydrogen) atoms. The first-order valence-corrected chi connectivity index (χ1v) is 8.55. The highest BCUT2D eigenvalue weighted by molar-refractivity contribution is 6.30. The number of carbonyl (C=O) groups excluding carboxylic acids is 1. The summed E-state index contributed by atoms with van der Waals surface area (Å²) >= 11 is 5.94. The van der Waals surface area contributed by atoms with Gasteiger partial charge < -0.3 is 15.0 Å². The van der Waals surface area contributed by atoms with Gasteiger partial charge in [-0.15, -0.1) is 0 Å². The molecule has 0 fully saturated rings. The molecule has 0 aromatic heterocycles. The van der Waals surface area contributed by atoms with E-state index in [1.54, 1.807) is 30.3 Å². The molecule has 0 heterocycles. The molecular formula is C19H23ClFN2O2+. The average Bonchev–Trinajstić information content (AvgIpc) is 2.59. The number of benzene rings is 2. The molecule has 2 atom stereocenters. The largest absolute Gasteiger partial charge is 0.494 e. The van der Waals surface area contributed by atoms with Gasteiger partial charge in [0.2, 0.25) is 0 Å². The SMILES string of the molecule is CC[NH+](Cc1ccc(OC)c(F)c1)[C@H](C)C(=O)Nc1cccc(Cl)c1. The molecular weight excluding hydrogens is 343 g/mol. The van der Waals surface area contributed by atoms with E-state index < -0.39 is 5.82 Å². The van der Waals surface area contributed by atoms with E-state index in [0.29, 0.717) is 17.3 Å². The summed E-state index contributed by atoms with van der Waals surface area (Å²) in [5, 5.41) is 3.44. The van der Waals surface area contributed by atoms with Crippen LogP contribution < -0.4 is 15.0 Å². The molecule has 1 amide bonds. The number of hydrogen-bond donors (Lipinski definition) is 2. The van der Waals surface area contributed by atoms with Crippen LogP contribution in [0.4, 0.5) is 10.1 Å². The summed E-state index contributed by atoms with van der Waals surface area (Å²) in [6, 6.07) is 11.6. The summed E-state index contributed by atoms with van der Waals surface area (Å²) in [4.78, 5) is 13.5. The molecule has 2 aromatic rings. The van der Waals surface area contributed by atoms with E-state index in [-0.39, 0.29) is 17.7 Å². The van der Waals surface area contributed by atoms with Crippen LogP contribution in [0.25, 0.3) is 0 Å². The van der Waals surface area contributed by atoms with Crippen LogP contribution in [0.1, 0.15) is 19.4 Å². The standard InChI is InChI=1S/C19H22ClFN2O2/c1-4-23(12-14-8-9-18(25-3)17(21)10-14)13(2)19(24)22-16-7-5-6-15(20)11-16/h5-11,13H,4,12H2,1-3H3,(H,22,24)/p+1/t13-/m1/s1. The predicted molar refractivity (Wildman–Crippen MR) is 97.7 cm³/mol. The minimum Gasteiger partial charge on any atom is -0.494 e. The lowest BCUT2D eigenvalue weighted by Gasteiger charge is -2.24. The van der Waals surface area contributed by atoms with Crippen molar-refractivity contribution in [3.8, 4) is 5.75 Å². The molecule has 6 heteroatoms. The number of carbonyl (C=O) groups is 1. The Balaban J connectivity index is 2.05. The van der Waals surface area contributed by atoms with E-state index in [9.17, 15) is 9.18 Å². The molecule has 2 rings (SSSR count). The lowest BCUT2D eigenvalue weighted by Crippen LogP contribution is -3.15. The van der Waals surface area contributed by atoms with Gasteiger partial charge in [-0.25, -0.2) is 4.39 Å². The highest BCUT2D eigenvalue weighted by Crippen LogP contribution is 2.17. The van der Waals surface area contributed by atoms with Crippen molar-refractivity contribution in [2.75, 3.05) is 19.0 Å². The second-order valence-corrected chi connectivity index (χ2v) is 6.32. The normalized spacial score (nSPS) is 13.2. The molecule has 1 unspecified atom stereocenters. The zero-order valence-electron chi connectivity index (χ0n) is 14.6. The third-order valence-corrected chi connectivity index (χ3v) is 4.43. The number of ether oxygens (including phenoxy) is 1. The van der Waals surface area contributed by atoms with Crippen molar-refractivity contribution in [3.05, 3.63) is 58.9 Å². The van der Waals surface area contributed by atoms with E-state index in [0.717, 1.165) is 17.0 Å². The molecule has 0 aliphatic carbocycles. The summed E-state index contributed by atoms with van der Waals surface area (Å²) in [6.45, 7) is 5.14. The quantitative estimate of drug-likeness (QED) is 0.792. The Morgan fingerprint density at radius 2 is 2.08 bits per heavy atom. The van der Waals surface area contributed by atoms with Gasteiger partial charge >= 0.3 is 0 Å². The number of nitrogens with one attached hydrogen (secondary N) is 2. The Labute approximate surface area is 152 Å². The fraction of sp³-hybridized carbons (Fsp3) is 0.316. The average molecular weight is 366 g/mol.